The third kappa shape index (κ3) is 1.96. The van der Waals surface area contributed by atoms with Crippen molar-refractivity contribution in [1.29, 1.82) is 0 Å². The van der Waals surface area contributed by atoms with Crippen molar-refractivity contribution < 1.29 is 9.53 Å². The summed E-state index contributed by atoms with van der Waals surface area (Å²) >= 11 is 0. The molecule has 1 aliphatic heterocycles. The van der Waals surface area contributed by atoms with E-state index >= 15 is 0 Å². The van der Waals surface area contributed by atoms with Crippen LogP contribution < -0.4 is 4.74 Å². The Hall–Kier alpha value is -1.51. The van der Waals surface area contributed by atoms with E-state index in [4.69, 9.17) is 4.74 Å². The first-order valence-electron chi connectivity index (χ1n) is 5.16. The van der Waals surface area contributed by atoms with Gasteiger partial charge >= 0.3 is 0 Å². The van der Waals surface area contributed by atoms with E-state index < -0.39 is 0 Å². The highest BCUT2D eigenvalue weighted by molar-refractivity contribution is 5.73. The number of ether oxygens (including phenoxy) is 1. The molecule has 1 amide bonds. The normalized spacial score (nSPS) is 20.1. The van der Waals surface area contributed by atoms with E-state index in [0.717, 1.165) is 11.3 Å². The third-order valence-corrected chi connectivity index (χ3v) is 2.73. The van der Waals surface area contributed by atoms with Gasteiger partial charge in [0.25, 0.3) is 0 Å². The van der Waals surface area contributed by atoms with Gasteiger partial charge in [0.1, 0.15) is 12.4 Å². The maximum Gasteiger partial charge on any atom is 0.220 e. The van der Waals surface area contributed by atoms with Gasteiger partial charge in [-0.05, 0) is 13.0 Å². The van der Waals surface area contributed by atoms with Crippen LogP contribution in [-0.2, 0) is 11.3 Å². The molecule has 0 saturated carbocycles. The van der Waals surface area contributed by atoms with Crippen LogP contribution >= 0.6 is 0 Å². The minimum Gasteiger partial charge on any atom is -0.491 e. The van der Waals surface area contributed by atoms with Crippen LogP contribution in [0.25, 0.3) is 0 Å². The van der Waals surface area contributed by atoms with E-state index in [1.165, 1.54) is 0 Å². The lowest BCUT2D eigenvalue weighted by atomic mass is 10.2. The van der Waals surface area contributed by atoms with Gasteiger partial charge in [0.15, 0.2) is 0 Å². The summed E-state index contributed by atoms with van der Waals surface area (Å²) in [5.41, 5.74) is 1.08. The molecule has 0 fully saturated rings. The van der Waals surface area contributed by atoms with Crippen molar-refractivity contribution in [2.45, 2.75) is 26.4 Å². The van der Waals surface area contributed by atoms with Crippen molar-refractivity contribution in [2.75, 3.05) is 6.61 Å². The Balaban J connectivity index is 2.31. The number of amides is 1. The van der Waals surface area contributed by atoms with Crippen LogP contribution in [0.2, 0.25) is 0 Å². The van der Waals surface area contributed by atoms with Crippen LogP contribution in [0.15, 0.2) is 24.3 Å². The molecule has 2 rings (SSSR count). The van der Waals surface area contributed by atoms with Gasteiger partial charge in [-0.3, -0.25) is 4.79 Å². The van der Waals surface area contributed by atoms with E-state index in [-0.39, 0.29) is 11.9 Å². The number of carbonyl (C=O) groups is 1. The van der Waals surface area contributed by atoms with Crippen molar-refractivity contribution >= 4 is 5.91 Å². The first-order valence-corrected chi connectivity index (χ1v) is 5.16. The molecule has 15 heavy (non-hydrogen) atoms. The van der Waals surface area contributed by atoms with Gasteiger partial charge < -0.3 is 9.64 Å². The van der Waals surface area contributed by atoms with E-state index in [9.17, 15) is 4.79 Å². The smallest absolute Gasteiger partial charge is 0.220 e. The monoisotopic (exact) mass is 205 g/mol. The lowest BCUT2D eigenvalue weighted by Gasteiger charge is -2.24. The summed E-state index contributed by atoms with van der Waals surface area (Å²) in [7, 11) is 0. The number of hydrogen-bond acceptors (Lipinski definition) is 2. The molecule has 3 nitrogen and oxygen atoms in total. The summed E-state index contributed by atoms with van der Waals surface area (Å²) in [4.78, 5) is 13.3. The molecule has 0 bridgehead atoms. The zero-order valence-corrected chi connectivity index (χ0v) is 9.06. The van der Waals surface area contributed by atoms with Gasteiger partial charge in [-0.2, -0.15) is 0 Å². The summed E-state index contributed by atoms with van der Waals surface area (Å²) < 4.78 is 5.65. The Morgan fingerprint density at radius 1 is 1.47 bits per heavy atom. The molecule has 1 aliphatic rings. The van der Waals surface area contributed by atoms with E-state index in [2.05, 4.69) is 0 Å². The fourth-order valence-corrected chi connectivity index (χ4v) is 1.84. The van der Waals surface area contributed by atoms with Gasteiger partial charge in [-0.25, -0.2) is 0 Å². The quantitative estimate of drug-likeness (QED) is 0.646. The lowest BCUT2D eigenvalue weighted by molar-refractivity contribution is -0.131. The first-order chi connectivity index (χ1) is 7.18. The van der Waals surface area contributed by atoms with Crippen LogP contribution in [0.5, 0.6) is 5.75 Å². The zero-order chi connectivity index (χ0) is 10.8. The second-order valence-electron chi connectivity index (χ2n) is 3.91. The molecule has 0 radical (unpaired) electrons. The number of rotatable bonds is 0. The first kappa shape index (κ1) is 10.0. The second-order valence-corrected chi connectivity index (χ2v) is 3.91. The molecule has 1 atom stereocenters. The molecular formula is C12H15NO2. The van der Waals surface area contributed by atoms with Crippen LogP contribution in [0, 0.1) is 0 Å². The maximum absolute atomic E-state index is 11.4. The van der Waals surface area contributed by atoms with Crippen molar-refractivity contribution in [3.63, 3.8) is 0 Å². The van der Waals surface area contributed by atoms with E-state index in [1.54, 1.807) is 6.92 Å². The van der Waals surface area contributed by atoms with Gasteiger partial charge in [-0.1, -0.05) is 18.2 Å². The topological polar surface area (TPSA) is 29.5 Å². The minimum absolute atomic E-state index is 0.0998. The van der Waals surface area contributed by atoms with Crippen molar-refractivity contribution in [1.82, 2.24) is 4.90 Å². The Bertz CT molecular complexity index is 376. The predicted molar refractivity (Wildman–Crippen MR) is 57.6 cm³/mol. The highest BCUT2D eigenvalue weighted by atomic mass is 16.5. The van der Waals surface area contributed by atoms with Crippen molar-refractivity contribution in [3.05, 3.63) is 29.8 Å². The molecule has 0 saturated heterocycles. The van der Waals surface area contributed by atoms with Gasteiger partial charge in [0.05, 0.1) is 6.04 Å². The largest absolute Gasteiger partial charge is 0.491 e. The summed E-state index contributed by atoms with van der Waals surface area (Å²) in [5.74, 6) is 0.996. The molecule has 0 N–H and O–H groups in total. The maximum atomic E-state index is 11.4. The average molecular weight is 205 g/mol. The number of fused-ring (bicyclic) bond motifs is 1. The summed E-state index contributed by atoms with van der Waals surface area (Å²) in [6, 6.07) is 8.01. The number of benzene rings is 1. The fourth-order valence-electron chi connectivity index (χ4n) is 1.84. The molecule has 80 valence electrons. The third-order valence-electron chi connectivity index (χ3n) is 2.73. The second kappa shape index (κ2) is 3.93. The van der Waals surface area contributed by atoms with Crippen molar-refractivity contribution in [2.24, 2.45) is 0 Å². The standard InChI is InChI=1S/C12H15NO2/c1-9-8-15-12-6-4-3-5-11(12)7-13(9)10(2)14/h3-6,9H,7-8H2,1-2H3. The molecule has 1 aromatic rings. The molecule has 3 heteroatoms. The Morgan fingerprint density at radius 2 is 2.20 bits per heavy atom. The molecule has 1 aromatic carbocycles. The number of hydrogen-bond donors (Lipinski definition) is 0. The van der Waals surface area contributed by atoms with Crippen LogP contribution in [-0.4, -0.2) is 23.5 Å². The minimum atomic E-state index is 0.0998. The van der Waals surface area contributed by atoms with Crippen LogP contribution in [0.4, 0.5) is 0 Å². The van der Waals surface area contributed by atoms with Gasteiger partial charge in [0, 0.05) is 19.0 Å². The average Bonchev–Trinajstić information content (AvgIpc) is 2.39. The SMILES string of the molecule is CC(=O)N1Cc2ccccc2OCC1C. The molecule has 0 aliphatic carbocycles. The zero-order valence-electron chi connectivity index (χ0n) is 9.06. The summed E-state index contributed by atoms with van der Waals surface area (Å²) in [6.45, 7) is 4.82. The number of nitrogens with zero attached hydrogens (tertiary/aromatic N) is 1. The number of para-hydroxylation sites is 1. The van der Waals surface area contributed by atoms with Crippen LogP contribution in [0.1, 0.15) is 19.4 Å². The Labute approximate surface area is 89.7 Å². The lowest BCUT2D eigenvalue weighted by Crippen LogP contribution is -2.38. The predicted octanol–water partition coefficient (Wildman–Crippen LogP) is 1.82. The molecular weight excluding hydrogens is 190 g/mol. The van der Waals surface area contributed by atoms with Gasteiger partial charge in [-0.15, -0.1) is 0 Å². The number of carbonyl (C=O) groups excluding carboxylic acids is 1. The highest BCUT2D eigenvalue weighted by Gasteiger charge is 2.22. The highest BCUT2D eigenvalue weighted by Crippen LogP contribution is 2.24. The van der Waals surface area contributed by atoms with Gasteiger partial charge in [0.2, 0.25) is 5.91 Å². The fraction of sp³-hybridized carbons (Fsp3) is 0.417. The molecule has 0 aromatic heterocycles. The Morgan fingerprint density at radius 3 is 2.93 bits per heavy atom. The molecule has 1 unspecified atom stereocenters. The van der Waals surface area contributed by atoms with Crippen LogP contribution in [0.3, 0.4) is 0 Å². The van der Waals surface area contributed by atoms with Crippen molar-refractivity contribution in [3.8, 4) is 5.75 Å². The van der Waals surface area contributed by atoms with E-state index in [0.29, 0.717) is 13.2 Å². The summed E-state index contributed by atoms with van der Waals surface area (Å²) in [6.07, 6.45) is 0. The molecule has 1 heterocycles. The summed E-state index contributed by atoms with van der Waals surface area (Å²) in [5, 5.41) is 0. The molecule has 0 spiro atoms. The Kier molecular flexibility index (Phi) is 2.62. The van der Waals surface area contributed by atoms with E-state index in [1.807, 2.05) is 36.1 Å².